The second kappa shape index (κ2) is 6.21. The highest BCUT2D eigenvalue weighted by atomic mass is 16.2. The van der Waals surface area contributed by atoms with Crippen LogP contribution in [0, 0.1) is 5.92 Å². The zero-order valence-corrected chi connectivity index (χ0v) is 11.8. The molecule has 2 fully saturated rings. The Morgan fingerprint density at radius 1 is 1.40 bits per heavy atom. The minimum absolute atomic E-state index is 0.0179. The smallest absolute Gasteiger partial charge is 0.324 e. The molecule has 2 aliphatic rings. The summed E-state index contributed by atoms with van der Waals surface area (Å²) in [6, 6.07) is -0.426. The summed E-state index contributed by atoms with van der Waals surface area (Å²) < 4.78 is 0. The highest BCUT2D eigenvalue weighted by Crippen LogP contribution is 2.22. The summed E-state index contributed by atoms with van der Waals surface area (Å²) >= 11 is 0. The third-order valence-corrected chi connectivity index (χ3v) is 4.04. The van der Waals surface area contributed by atoms with Crippen LogP contribution in [-0.4, -0.2) is 59.9 Å². The van der Waals surface area contributed by atoms with Gasteiger partial charge >= 0.3 is 6.03 Å². The van der Waals surface area contributed by atoms with Crippen molar-refractivity contribution in [1.82, 2.24) is 15.1 Å². The standard InChI is InChI=1S/C13H22N4O3/c1-9-2-5-17(10(6-9)7-14)12(19)8-16-4-3-11(18)15-13(16)20/h9-10H,2-8,14H2,1H3,(H,15,18,20). The number of imide groups is 1. The summed E-state index contributed by atoms with van der Waals surface area (Å²) in [5.74, 6) is 0.200. The van der Waals surface area contributed by atoms with Gasteiger partial charge in [0, 0.05) is 32.1 Å². The lowest BCUT2D eigenvalue weighted by molar-refractivity contribution is -0.136. The molecule has 2 unspecified atom stereocenters. The van der Waals surface area contributed by atoms with E-state index in [1.54, 1.807) is 4.90 Å². The summed E-state index contributed by atoms with van der Waals surface area (Å²) in [4.78, 5) is 38.2. The van der Waals surface area contributed by atoms with Crippen molar-refractivity contribution in [1.29, 1.82) is 0 Å². The number of carbonyl (C=O) groups is 3. The van der Waals surface area contributed by atoms with Gasteiger partial charge in [-0.1, -0.05) is 6.92 Å². The molecule has 0 radical (unpaired) electrons. The van der Waals surface area contributed by atoms with Crippen LogP contribution in [0.3, 0.4) is 0 Å². The molecule has 0 aromatic carbocycles. The van der Waals surface area contributed by atoms with Crippen LogP contribution in [0.4, 0.5) is 4.79 Å². The van der Waals surface area contributed by atoms with Gasteiger partial charge in [0.15, 0.2) is 0 Å². The van der Waals surface area contributed by atoms with Gasteiger partial charge in [-0.3, -0.25) is 14.9 Å². The van der Waals surface area contributed by atoms with Crippen molar-refractivity contribution < 1.29 is 14.4 Å². The molecule has 0 saturated carbocycles. The third-order valence-electron chi connectivity index (χ3n) is 4.04. The first-order valence-corrected chi connectivity index (χ1v) is 7.09. The van der Waals surface area contributed by atoms with Crippen molar-refractivity contribution in [2.75, 3.05) is 26.2 Å². The van der Waals surface area contributed by atoms with Gasteiger partial charge < -0.3 is 15.5 Å². The molecule has 7 nitrogen and oxygen atoms in total. The first kappa shape index (κ1) is 14.8. The minimum atomic E-state index is -0.482. The predicted molar refractivity (Wildman–Crippen MR) is 72.7 cm³/mol. The highest BCUT2D eigenvalue weighted by molar-refractivity contribution is 5.98. The Balaban J connectivity index is 1.93. The van der Waals surface area contributed by atoms with Crippen molar-refractivity contribution in [2.45, 2.75) is 32.2 Å². The van der Waals surface area contributed by atoms with Crippen LogP contribution in [0.25, 0.3) is 0 Å². The summed E-state index contributed by atoms with van der Waals surface area (Å²) in [5, 5.41) is 2.22. The van der Waals surface area contributed by atoms with Gasteiger partial charge in [0.05, 0.1) is 0 Å². The molecule has 0 spiro atoms. The van der Waals surface area contributed by atoms with Crippen LogP contribution in [-0.2, 0) is 9.59 Å². The Morgan fingerprint density at radius 3 is 2.80 bits per heavy atom. The van der Waals surface area contributed by atoms with E-state index in [9.17, 15) is 14.4 Å². The maximum absolute atomic E-state index is 12.3. The van der Waals surface area contributed by atoms with Crippen molar-refractivity contribution in [3.63, 3.8) is 0 Å². The Labute approximate surface area is 118 Å². The van der Waals surface area contributed by atoms with E-state index in [0.717, 1.165) is 12.8 Å². The lowest BCUT2D eigenvalue weighted by atomic mass is 9.92. The van der Waals surface area contributed by atoms with E-state index in [1.807, 2.05) is 0 Å². The van der Waals surface area contributed by atoms with E-state index in [1.165, 1.54) is 4.90 Å². The van der Waals surface area contributed by atoms with Crippen LogP contribution < -0.4 is 11.1 Å². The van der Waals surface area contributed by atoms with Crippen molar-refractivity contribution in [3.8, 4) is 0 Å². The molecule has 7 heteroatoms. The molecule has 2 aliphatic heterocycles. The Kier molecular flexibility index (Phi) is 4.59. The number of rotatable bonds is 3. The average molecular weight is 282 g/mol. The average Bonchev–Trinajstić information content (AvgIpc) is 2.41. The number of nitrogens with zero attached hydrogens (tertiary/aromatic N) is 2. The van der Waals surface area contributed by atoms with Gasteiger partial charge in [0.25, 0.3) is 0 Å². The summed E-state index contributed by atoms with van der Waals surface area (Å²) in [5.41, 5.74) is 5.74. The second-order valence-electron chi connectivity index (χ2n) is 5.63. The Morgan fingerprint density at radius 2 is 2.15 bits per heavy atom. The topological polar surface area (TPSA) is 95.7 Å². The molecule has 4 amide bonds. The van der Waals surface area contributed by atoms with E-state index in [2.05, 4.69) is 12.2 Å². The molecular formula is C13H22N4O3. The quantitative estimate of drug-likeness (QED) is 0.730. The fourth-order valence-corrected chi connectivity index (χ4v) is 2.81. The molecule has 2 atom stereocenters. The van der Waals surface area contributed by atoms with Gasteiger partial charge in [-0.05, 0) is 18.8 Å². The van der Waals surface area contributed by atoms with Gasteiger partial charge in [-0.2, -0.15) is 0 Å². The van der Waals surface area contributed by atoms with Gasteiger partial charge in [0.2, 0.25) is 11.8 Å². The zero-order valence-electron chi connectivity index (χ0n) is 11.8. The largest absolute Gasteiger partial charge is 0.337 e. The predicted octanol–water partition coefficient (Wildman–Crippen LogP) is -0.486. The van der Waals surface area contributed by atoms with Crippen molar-refractivity contribution >= 4 is 17.8 Å². The number of hydrogen-bond acceptors (Lipinski definition) is 4. The number of amides is 4. The van der Waals surface area contributed by atoms with Crippen molar-refractivity contribution in [2.24, 2.45) is 11.7 Å². The monoisotopic (exact) mass is 282 g/mol. The molecule has 0 aromatic rings. The number of nitrogens with one attached hydrogen (secondary N) is 1. The molecule has 0 aromatic heterocycles. The third kappa shape index (κ3) is 3.27. The molecule has 2 rings (SSSR count). The maximum atomic E-state index is 12.3. The molecular weight excluding hydrogens is 260 g/mol. The van der Waals surface area contributed by atoms with Gasteiger partial charge in [-0.25, -0.2) is 4.79 Å². The van der Waals surface area contributed by atoms with Crippen LogP contribution in [0.1, 0.15) is 26.2 Å². The molecule has 2 heterocycles. The summed E-state index contributed by atoms with van der Waals surface area (Å²) in [7, 11) is 0. The minimum Gasteiger partial charge on any atom is -0.337 e. The number of carbonyl (C=O) groups excluding carboxylic acids is 3. The highest BCUT2D eigenvalue weighted by Gasteiger charge is 2.32. The normalized spacial score (nSPS) is 27.5. The van der Waals surface area contributed by atoms with E-state index in [-0.39, 0.29) is 30.8 Å². The SMILES string of the molecule is CC1CCN(C(=O)CN2CCC(=O)NC2=O)C(CN)C1. The number of urea groups is 1. The van der Waals surface area contributed by atoms with Crippen LogP contribution in [0.15, 0.2) is 0 Å². The number of piperidine rings is 1. The molecule has 0 bridgehead atoms. The zero-order chi connectivity index (χ0) is 14.7. The summed E-state index contributed by atoms with van der Waals surface area (Å²) in [6.45, 7) is 3.61. The molecule has 112 valence electrons. The number of nitrogens with two attached hydrogens (primary N) is 1. The molecule has 0 aliphatic carbocycles. The number of likely N-dealkylation sites (tertiary alicyclic amines) is 1. The van der Waals surface area contributed by atoms with Crippen LogP contribution in [0.5, 0.6) is 0 Å². The van der Waals surface area contributed by atoms with Crippen molar-refractivity contribution in [3.05, 3.63) is 0 Å². The Hall–Kier alpha value is -1.63. The first-order chi connectivity index (χ1) is 9.51. The van der Waals surface area contributed by atoms with Gasteiger partial charge in [0.1, 0.15) is 6.54 Å². The van der Waals surface area contributed by atoms with E-state index < -0.39 is 6.03 Å². The fourth-order valence-electron chi connectivity index (χ4n) is 2.81. The Bertz CT molecular complexity index is 412. The molecule has 3 N–H and O–H groups in total. The van der Waals surface area contributed by atoms with E-state index in [0.29, 0.717) is 25.6 Å². The second-order valence-corrected chi connectivity index (χ2v) is 5.63. The van der Waals surface area contributed by atoms with E-state index >= 15 is 0 Å². The lowest BCUT2D eigenvalue weighted by Gasteiger charge is -2.39. The molecule has 2 saturated heterocycles. The maximum Gasteiger partial charge on any atom is 0.324 e. The lowest BCUT2D eigenvalue weighted by Crippen LogP contribution is -2.56. The van der Waals surface area contributed by atoms with Gasteiger partial charge in [-0.15, -0.1) is 0 Å². The van der Waals surface area contributed by atoms with E-state index in [4.69, 9.17) is 5.73 Å². The fraction of sp³-hybridized carbons (Fsp3) is 0.769. The first-order valence-electron chi connectivity index (χ1n) is 7.09. The molecule has 20 heavy (non-hydrogen) atoms. The summed E-state index contributed by atoms with van der Waals surface area (Å²) in [6.07, 6.45) is 2.12. The number of hydrogen-bond donors (Lipinski definition) is 2. The van der Waals surface area contributed by atoms with Crippen LogP contribution in [0.2, 0.25) is 0 Å². The van der Waals surface area contributed by atoms with Crippen LogP contribution >= 0.6 is 0 Å².